The van der Waals surface area contributed by atoms with Crippen molar-refractivity contribution in [3.8, 4) is 0 Å². The van der Waals surface area contributed by atoms with Crippen molar-refractivity contribution in [2.75, 3.05) is 26.9 Å². The van der Waals surface area contributed by atoms with Gasteiger partial charge in [-0.2, -0.15) is 0 Å². The number of hydrogen-bond acceptors (Lipinski definition) is 3. The number of carbonyl (C=O) groups is 1. The molecule has 96 valence electrons. The van der Waals surface area contributed by atoms with Gasteiger partial charge in [0.2, 0.25) is 0 Å². The van der Waals surface area contributed by atoms with Gasteiger partial charge in [-0.3, -0.25) is 4.79 Å². The van der Waals surface area contributed by atoms with Crippen molar-refractivity contribution in [3.63, 3.8) is 0 Å². The SMILES string of the molecule is COCCOCCCC(CC(C)C)C(=O)O. The van der Waals surface area contributed by atoms with Gasteiger partial charge >= 0.3 is 5.97 Å². The van der Waals surface area contributed by atoms with Gasteiger partial charge in [0.1, 0.15) is 0 Å². The van der Waals surface area contributed by atoms with E-state index in [2.05, 4.69) is 0 Å². The zero-order valence-corrected chi connectivity index (χ0v) is 10.6. The van der Waals surface area contributed by atoms with Gasteiger partial charge in [0.05, 0.1) is 19.1 Å². The van der Waals surface area contributed by atoms with E-state index in [1.807, 2.05) is 13.8 Å². The van der Waals surface area contributed by atoms with Crippen LogP contribution in [0.3, 0.4) is 0 Å². The summed E-state index contributed by atoms with van der Waals surface area (Å²) >= 11 is 0. The molecule has 0 aliphatic heterocycles. The van der Waals surface area contributed by atoms with Crippen molar-refractivity contribution in [2.45, 2.75) is 33.1 Å². The summed E-state index contributed by atoms with van der Waals surface area (Å²) in [5.74, 6) is -0.493. The molecule has 4 heteroatoms. The fourth-order valence-electron chi connectivity index (χ4n) is 1.59. The van der Waals surface area contributed by atoms with Crippen LogP contribution in [0, 0.1) is 11.8 Å². The Morgan fingerprint density at radius 2 is 1.94 bits per heavy atom. The lowest BCUT2D eigenvalue weighted by Crippen LogP contribution is -2.17. The number of aliphatic carboxylic acids is 1. The van der Waals surface area contributed by atoms with E-state index in [9.17, 15) is 4.79 Å². The third-order valence-electron chi connectivity index (χ3n) is 2.38. The van der Waals surface area contributed by atoms with Crippen molar-refractivity contribution < 1.29 is 19.4 Å². The molecule has 0 aliphatic rings. The topological polar surface area (TPSA) is 55.8 Å². The molecule has 0 aromatic carbocycles. The van der Waals surface area contributed by atoms with Crippen LogP contribution in [-0.2, 0) is 14.3 Å². The highest BCUT2D eigenvalue weighted by molar-refractivity contribution is 5.69. The highest BCUT2D eigenvalue weighted by Crippen LogP contribution is 2.17. The lowest BCUT2D eigenvalue weighted by atomic mass is 9.93. The lowest BCUT2D eigenvalue weighted by Gasteiger charge is -2.14. The van der Waals surface area contributed by atoms with Gasteiger partial charge in [-0.15, -0.1) is 0 Å². The molecule has 0 saturated heterocycles. The van der Waals surface area contributed by atoms with E-state index in [1.54, 1.807) is 7.11 Å². The summed E-state index contributed by atoms with van der Waals surface area (Å²) in [5, 5.41) is 9.00. The molecular weight excluding hydrogens is 208 g/mol. The van der Waals surface area contributed by atoms with Crippen LogP contribution >= 0.6 is 0 Å². The highest BCUT2D eigenvalue weighted by atomic mass is 16.5. The quantitative estimate of drug-likeness (QED) is 0.586. The van der Waals surface area contributed by atoms with Crippen molar-refractivity contribution in [2.24, 2.45) is 11.8 Å². The number of carboxylic acids is 1. The fraction of sp³-hybridized carbons (Fsp3) is 0.917. The van der Waals surface area contributed by atoms with Crippen molar-refractivity contribution in [1.82, 2.24) is 0 Å². The predicted molar refractivity (Wildman–Crippen MR) is 62.5 cm³/mol. The number of carboxylic acid groups (broad SMARTS) is 1. The molecule has 0 aliphatic carbocycles. The second-order valence-corrected chi connectivity index (χ2v) is 4.41. The van der Waals surface area contributed by atoms with Crippen LogP contribution in [0.25, 0.3) is 0 Å². The van der Waals surface area contributed by atoms with Gasteiger partial charge in [0, 0.05) is 13.7 Å². The molecule has 0 amide bonds. The average molecular weight is 232 g/mol. The Hall–Kier alpha value is -0.610. The zero-order valence-electron chi connectivity index (χ0n) is 10.6. The third kappa shape index (κ3) is 8.68. The molecule has 0 spiro atoms. The number of hydrogen-bond donors (Lipinski definition) is 1. The largest absolute Gasteiger partial charge is 0.481 e. The van der Waals surface area contributed by atoms with Gasteiger partial charge in [-0.05, 0) is 25.2 Å². The number of rotatable bonds is 10. The van der Waals surface area contributed by atoms with Crippen LogP contribution in [0.2, 0.25) is 0 Å². The fourth-order valence-corrected chi connectivity index (χ4v) is 1.59. The zero-order chi connectivity index (χ0) is 12.4. The molecule has 0 fully saturated rings. The summed E-state index contributed by atoms with van der Waals surface area (Å²) in [6.07, 6.45) is 2.24. The van der Waals surface area contributed by atoms with Gasteiger partial charge in [-0.25, -0.2) is 0 Å². The van der Waals surface area contributed by atoms with Gasteiger partial charge < -0.3 is 14.6 Å². The van der Waals surface area contributed by atoms with Crippen LogP contribution in [-0.4, -0.2) is 38.0 Å². The molecule has 0 aromatic rings. The normalized spacial score (nSPS) is 13.0. The Balaban J connectivity index is 3.57. The third-order valence-corrected chi connectivity index (χ3v) is 2.38. The molecule has 0 heterocycles. The molecule has 16 heavy (non-hydrogen) atoms. The maximum Gasteiger partial charge on any atom is 0.306 e. The standard InChI is InChI=1S/C12H24O4/c1-10(2)9-11(12(13)14)5-4-6-16-8-7-15-3/h10-11H,4-9H2,1-3H3,(H,13,14). The Kier molecular flexibility index (Phi) is 9.24. The van der Waals surface area contributed by atoms with Gasteiger partial charge in [-0.1, -0.05) is 13.8 Å². The first-order valence-electron chi connectivity index (χ1n) is 5.87. The Bertz CT molecular complexity index is 180. The first kappa shape index (κ1) is 15.4. The smallest absolute Gasteiger partial charge is 0.306 e. The van der Waals surface area contributed by atoms with Crippen molar-refractivity contribution in [3.05, 3.63) is 0 Å². The van der Waals surface area contributed by atoms with Crippen LogP contribution < -0.4 is 0 Å². The van der Waals surface area contributed by atoms with E-state index in [4.69, 9.17) is 14.6 Å². The summed E-state index contributed by atoms with van der Waals surface area (Å²) in [5.41, 5.74) is 0. The van der Waals surface area contributed by atoms with E-state index in [0.717, 1.165) is 12.8 Å². The first-order valence-corrected chi connectivity index (χ1v) is 5.87. The van der Waals surface area contributed by atoms with Crippen LogP contribution in [0.5, 0.6) is 0 Å². The predicted octanol–water partition coefficient (Wildman–Crippen LogP) is 2.18. The maximum absolute atomic E-state index is 10.9. The monoisotopic (exact) mass is 232 g/mol. The summed E-state index contributed by atoms with van der Waals surface area (Å²) in [6, 6.07) is 0. The summed E-state index contributed by atoms with van der Waals surface area (Å²) in [7, 11) is 1.63. The highest BCUT2D eigenvalue weighted by Gasteiger charge is 2.17. The van der Waals surface area contributed by atoms with Crippen molar-refractivity contribution >= 4 is 5.97 Å². The summed E-state index contributed by atoms with van der Waals surface area (Å²) in [4.78, 5) is 10.9. The summed E-state index contributed by atoms with van der Waals surface area (Å²) in [6.45, 7) is 5.88. The molecule has 0 saturated carbocycles. The number of ether oxygens (including phenoxy) is 2. The van der Waals surface area contributed by atoms with E-state index in [0.29, 0.717) is 32.2 Å². The molecule has 4 nitrogen and oxygen atoms in total. The molecule has 1 N–H and O–H groups in total. The average Bonchev–Trinajstić information content (AvgIpc) is 2.20. The minimum atomic E-state index is -0.689. The minimum absolute atomic E-state index is 0.231. The minimum Gasteiger partial charge on any atom is -0.481 e. The van der Waals surface area contributed by atoms with Crippen LogP contribution in [0.4, 0.5) is 0 Å². The second kappa shape index (κ2) is 9.60. The molecule has 1 atom stereocenters. The molecule has 0 bridgehead atoms. The first-order chi connectivity index (χ1) is 7.57. The second-order valence-electron chi connectivity index (χ2n) is 4.41. The van der Waals surface area contributed by atoms with Gasteiger partial charge in [0.15, 0.2) is 0 Å². The van der Waals surface area contributed by atoms with E-state index >= 15 is 0 Å². The van der Waals surface area contributed by atoms with Crippen LogP contribution in [0.15, 0.2) is 0 Å². The van der Waals surface area contributed by atoms with E-state index < -0.39 is 5.97 Å². The molecule has 0 radical (unpaired) electrons. The van der Waals surface area contributed by atoms with Crippen LogP contribution in [0.1, 0.15) is 33.1 Å². The molecule has 0 aromatic heterocycles. The maximum atomic E-state index is 10.9. The Morgan fingerprint density at radius 1 is 1.25 bits per heavy atom. The van der Waals surface area contributed by atoms with Crippen molar-refractivity contribution in [1.29, 1.82) is 0 Å². The molecule has 1 unspecified atom stereocenters. The summed E-state index contributed by atoms with van der Waals surface area (Å²) < 4.78 is 10.1. The van der Waals surface area contributed by atoms with Gasteiger partial charge in [0.25, 0.3) is 0 Å². The number of methoxy groups -OCH3 is 1. The molecular formula is C12H24O4. The van der Waals surface area contributed by atoms with E-state index in [1.165, 1.54) is 0 Å². The lowest BCUT2D eigenvalue weighted by molar-refractivity contribution is -0.142. The Labute approximate surface area is 97.9 Å². The van der Waals surface area contributed by atoms with E-state index in [-0.39, 0.29) is 5.92 Å². The molecule has 0 rings (SSSR count). The Morgan fingerprint density at radius 3 is 2.44 bits per heavy atom.